The molecule has 0 aliphatic carbocycles. The zero-order chi connectivity index (χ0) is 22.6. The number of piperidine rings is 1. The standard InChI is InChI=1S/C23H19N3O6/c1-32-19-8-11(7-16-14(19)9-17(24-16)23(30)31)12-3-2-4-13-15(12)10-26(22(13)29)18-5-6-20(27)25-21(18)28/h2-4,7-9,18,24H,5-6,10H2,1H3,(H,30,31)(H,25,27,28). The van der Waals surface area contributed by atoms with Crippen molar-refractivity contribution in [1.29, 1.82) is 0 Å². The Bertz CT molecular complexity index is 1320. The number of amides is 3. The van der Waals surface area contributed by atoms with Crippen LogP contribution >= 0.6 is 0 Å². The molecular weight excluding hydrogens is 414 g/mol. The molecule has 3 N–H and O–H groups in total. The van der Waals surface area contributed by atoms with Crippen molar-refractivity contribution < 1.29 is 29.0 Å². The van der Waals surface area contributed by atoms with Crippen molar-refractivity contribution in [3.8, 4) is 16.9 Å². The zero-order valence-corrected chi connectivity index (χ0v) is 17.1. The third-order valence-corrected chi connectivity index (χ3v) is 6.04. The summed E-state index contributed by atoms with van der Waals surface area (Å²) in [6.07, 6.45) is 0.482. The first kappa shape index (κ1) is 19.8. The van der Waals surface area contributed by atoms with E-state index in [2.05, 4.69) is 10.3 Å². The first-order valence-electron chi connectivity index (χ1n) is 10.1. The summed E-state index contributed by atoms with van der Waals surface area (Å²) in [5, 5.41) is 12.3. The van der Waals surface area contributed by atoms with Gasteiger partial charge in [0.25, 0.3) is 5.91 Å². The van der Waals surface area contributed by atoms with Gasteiger partial charge in [-0.05, 0) is 47.4 Å². The van der Waals surface area contributed by atoms with Gasteiger partial charge in [-0.3, -0.25) is 19.7 Å². The molecule has 5 rings (SSSR count). The van der Waals surface area contributed by atoms with E-state index in [1.54, 1.807) is 18.2 Å². The molecule has 1 fully saturated rings. The van der Waals surface area contributed by atoms with Crippen LogP contribution in [0.2, 0.25) is 0 Å². The zero-order valence-electron chi connectivity index (χ0n) is 17.1. The fourth-order valence-corrected chi connectivity index (χ4v) is 4.50. The third-order valence-electron chi connectivity index (χ3n) is 6.04. The second-order valence-corrected chi connectivity index (χ2v) is 7.86. The molecule has 9 nitrogen and oxygen atoms in total. The minimum Gasteiger partial charge on any atom is -0.496 e. The number of carboxylic acid groups (broad SMARTS) is 1. The molecule has 9 heteroatoms. The molecule has 1 atom stereocenters. The van der Waals surface area contributed by atoms with E-state index in [9.17, 15) is 24.3 Å². The smallest absolute Gasteiger partial charge is 0.352 e. The van der Waals surface area contributed by atoms with Crippen LogP contribution < -0.4 is 10.1 Å². The number of imide groups is 1. The Morgan fingerprint density at radius 3 is 2.66 bits per heavy atom. The van der Waals surface area contributed by atoms with Crippen LogP contribution in [-0.2, 0) is 16.1 Å². The Balaban J connectivity index is 1.58. The quantitative estimate of drug-likeness (QED) is 0.542. The number of nitrogens with one attached hydrogen (secondary N) is 2. The van der Waals surface area contributed by atoms with Crippen LogP contribution in [0.5, 0.6) is 5.75 Å². The van der Waals surface area contributed by atoms with Crippen LogP contribution in [0.3, 0.4) is 0 Å². The third kappa shape index (κ3) is 3.01. The number of hydrogen-bond donors (Lipinski definition) is 3. The number of H-pyrrole nitrogens is 1. The molecule has 2 aromatic carbocycles. The van der Waals surface area contributed by atoms with Crippen LogP contribution in [0.25, 0.3) is 22.0 Å². The first-order valence-corrected chi connectivity index (χ1v) is 10.1. The molecule has 162 valence electrons. The van der Waals surface area contributed by atoms with Crippen LogP contribution in [0.4, 0.5) is 0 Å². The van der Waals surface area contributed by atoms with Gasteiger partial charge in [0.1, 0.15) is 17.5 Å². The maximum absolute atomic E-state index is 13.1. The molecule has 0 saturated carbocycles. The fraction of sp³-hybridized carbons (Fsp3) is 0.217. The van der Waals surface area contributed by atoms with Crippen LogP contribution in [-0.4, -0.2) is 51.8 Å². The van der Waals surface area contributed by atoms with Gasteiger partial charge < -0.3 is 19.7 Å². The number of ether oxygens (including phenoxy) is 1. The molecular formula is C23H19N3O6. The second-order valence-electron chi connectivity index (χ2n) is 7.86. The highest BCUT2D eigenvalue weighted by molar-refractivity contribution is 6.06. The van der Waals surface area contributed by atoms with Gasteiger partial charge in [-0.1, -0.05) is 12.1 Å². The normalized spacial score (nSPS) is 18.1. The minimum atomic E-state index is -1.07. The van der Waals surface area contributed by atoms with Gasteiger partial charge in [-0.25, -0.2) is 4.79 Å². The highest BCUT2D eigenvalue weighted by Gasteiger charge is 2.39. The molecule has 3 heterocycles. The Morgan fingerprint density at radius 1 is 1.16 bits per heavy atom. The van der Waals surface area contributed by atoms with Gasteiger partial charge in [0.05, 0.1) is 12.6 Å². The first-order chi connectivity index (χ1) is 15.4. The van der Waals surface area contributed by atoms with Crippen molar-refractivity contribution in [3.05, 3.63) is 53.2 Å². The fourth-order valence-electron chi connectivity index (χ4n) is 4.50. The summed E-state index contributed by atoms with van der Waals surface area (Å²) in [7, 11) is 1.51. The Morgan fingerprint density at radius 2 is 1.94 bits per heavy atom. The molecule has 1 aromatic heterocycles. The van der Waals surface area contributed by atoms with Crippen molar-refractivity contribution in [1.82, 2.24) is 15.2 Å². The van der Waals surface area contributed by atoms with Crippen LogP contribution in [0.15, 0.2) is 36.4 Å². The van der Waals surface area contributed by atoms with Gasteiger partial charge >= 0.3 is 5.97 Å². The molecule has 2 aliphatic heterocycles. The lowest BCUT2D eigenvalue weighted by atomic mass is 9.96. The summed E-state index contributed by atoms with van der Waals surface area (Å²) >= 11 is 0. The highest BCUT2D eigenvalue weighted by atomic mass is 16.5. The monoisotopic (exact) mass is 433 g/mol. The maximum atomic E-state index is 13.1. The summed E-state index contributed by atoms with van der Waals surface area (Å²) in [6, 6.07) is 9.81. The summed E-state index contributed by atoms with van der Waals surface area (Å²) in [6.45, 7) is 0.238. The van der Waals surface area contributed by atoms with E-state index in [4.69, 9.17) is 4.74 Å². The lowest BCUT2D eigenvalue weighted by Gasteiger charge is -2.29. The number of aromatic carboxylic acids is 1. The largest absolute Gasteiger partial charge is 0.496 e. The van der Waals surface area contributed by atoms with Gasteiger partial charge in [0, 0.05) is 23.9 Å². The number of benzene rings is 2. The molecule has 2 aliphatic rings. The molecule has 3 amide bonds. The lowest BCUT2D eigenvalue weighted by molar-refractivity contribution is -0.136. The number of carbonyl (C=O) groups excluding carboxylic acids is 3. The van der Waals surface area contributed by atoms with Gasteiger partial charge in [-0.15, -0.1) is 0 Å². The van der Waals surface area contributed by atoms with E-state index < -0.39 is 17.9 Å². The van der Waals surface area contributed by atoms with E-state index in [1.807, 2.05) is 12.1 Å². The number of carbonyl (C=O) groups is 4. The predicted molar refractivity (Wildman–Crippen MR) is 113 cm³/mol. The predicted octanol–water partition coefficient (Wildman–Crippen LogP) is 2.30. The van der Waals surface area contributed by atoms with Crippen LogP contribution in [0.1, 0.15) is 39.3 Å². The van der Waals surface area contributed by atoms with E-state index in [-0.39, 0.29) is 30.5 Å². The molecule has 0 radical (unpaired) electrons. The molecule has 1 saturated heterocycles. The van der Waals surface area contributed by atoms with Crippen molar-refractivity contribution >= 4 is 34.6 Å². The lowest BCUT2D eigenvalue weighted by Crippen LogP contribution is -2.52. The van der Waals surface area contributed by atoms with Crippen molar-refractivity contribution in [3.63, 3.8) is 0 Å². The number of methoxy groups -OCH3 is 1. The SMILES string of the molecule is COc1cc(-c2cccc3c2CN(C2CCC(=O)NC2=O)C3=O)cc2[nH]c(C(=O)O)cc12. The van der Waals surface area contributed by atoms with Crippen molar-refractivity contribution in [2.75, 3.05) is 7.11 Å². The van der Waals surface area contributed by atoms with E-state index in [0.717, 1.165) is 16.7 Å². The number of hydrogen-bond acceptors (Lipinski definition) is 5. The van der Waals surface area contributed by atoms with Gasteiger partial charge in [-0.2, -0.15) is 0 Å². The maximum Gasteiger partial charge on any atom is 0.352 e. The summed E-state index contributed by atoms with van der Waals surface area (Å²) in [5.41, 5.74) is 3.46. The molecule has 0 bridgehead atoms. The van der Waals surface area contributed by atoms with Crippen LogP contribution in [0, 0.1) is 0 Å². The molecule has 3 aromatic rings. The number of nitrogens with zero attached hydrogens (tertiary/aromatic N) is 1. The van der Waals surface area contributed by atoms with E-state index >= 15 is 0 Å². The van der Waals surface area contributed by atoms with Crippen molar-refractivity contribution in [2.45, 2.75) is 25.4 Å². The Labute approximate surface area is 182 Å². The molecule has 1 unspecified atom stereocenters. The van der Waals surface area contributed by atoms with Crippen molar-refractivity contribution in [2.24, 2.45) is 0 Å². The highest BCUT2D eigenvalue weighted by Crippen LogP contribution is 2.38. The Kier molecular flexibility index (Phi) is 4.47. The topological polar surface area (TPSA) is 129 Å². The molecule has 32 heavy (non-hydrogen) atoms. The summed E-state index contributed by atoms with van der Waals surface area (Å²) in [4.78, 5) is 52.7. The van der Waals surface area contributed by atoms with E-state index in [1.165, 1.54) is 18.1 Å². The number of rotatable bonds is 4. The van der Waals surface area contributed by atoms with E-state index in [0.29, 0.717) is 28.6 Å². The Hall–Kier alpha value is -4.14. The number of fused-ring (bicyclic) bond motifs is 2. The average molecular weight is 433 g/mol. The molecule has 0 spiro atoms. The summed E-state index contributed by atoms with van der Waals surface area (Å²) in [5.74, 6) is -1.61. The minimum absolute atomic E-state index is 0.0490. The van der Waals surface area contributed by atoms with Gasteiger partial charge in [0.2, 0.25) is 11.8 Å². The second kappa shape index (κ2) is 7.23. The number of carboxylic acids is 1. The summed E-state index contributed by atoms with van der Waals surface area (Å²) < 4.78 is 5.49. The van der Waals surface area contributed by atoms with Gasteiger partial charge in [0.15, 0.2) is 0 Å². The number of aromatic amines is 1. The number of aromatic nitrogens is 1. The average Bonchev–Trinajstić information content (AvgIpc) is 3.35.